The van der Waals surface area contributed by atoms with Gasteiger partial charge in [0.2, 0.25) is 0 Å². The van der Waals surface area contributed by atoms with Crippen LogP contribution in [0.2, 0.25) is 5.02 Å². The van der Waals surface area contributed by atoms with Gasteiger partial charge in [-0.05, 0) is 59.0 Å². The van der Waals surface area contributed by atoms with E-state index in [0.717, 1.165) is 22.5 Å². The third kappa shape index (κ3) is 7.65. The van der Waals surface area contributed by atoms with Crippen LogP contribution in [-0.2, 0) is 6.42 Å². The van der Waals surface area contributed by atoms with Gasteiger partial charge in [0.1, 0.15) is 10.6 Å². The zero-order chi connectivity index (χ0) is 16.4. The molecule has 0 aliphatic heterocycles. The van der Waals surface area contributed by atoms with Gasteiger partial charge in [0.25, 0.3) is 0 Å². The maximum atomic E-state index is 5.99. The second-order valence-electron chi connectivity index (χ2n) is 6.00. The number of rotatable bonds is 10. The van der Waals surface area contributed by atoms with Crippen LogP contribution in [0.4, 0.5) is 0 Å². The van der Waals surface area contributed by atoms with E-state index in [1.54, 1.807) is 0 Å². The Balaban J connectivity index is 0.00000484. The average molecular weight is 468 g/mol. The van der Waals surface area contributed by atoms with Crippen LogP contribution in [0.5, 0.6) is 0 Å². The van der Waals surface area contributed by atoms with Crippen LogP contribution in [0, 0.1) is 12.3 Å². The van der Waals surface area contributed by atoms with Crippen molar-refractivity contribution in [3.05, 3.63) is 34.9 Å². The van der Waals surface area contributed by atoms with E-state index >= 15 is 0 Å². The van der Waals surface area contributed by atoms with Crippen LogP contribution in [0.1, 0.15) is 45.1 Å². The Morgan fingerprint density at radius 3 is 2.09 bits per heavy atom. The van der Waals surface area contributed by atoms with Crippen LogP contribution in [0.25, 0.3) is 0 Å². The van der Waals surface area contributed by atoms with E-state index in [0.29, 0.717) is 4.05 Å². The van der Waals surface area contributed by atoms with E-state index in [-0.39, 0.29) is 12.4 Å². The molecule has 1 nitrogen and oxygen atoms in total. The van der Waals surface area contributed by atoms with Gasteiger partial charge in [0.05, 0.1) is 13.1 Å². The number of hydrogen-bond acceptors (Lipinski definition) is 0. The first-order valence-electron chi connectivity index (χ1n) is 8.25. The van der Waals surface area contributed by atoms with Crippen molar-refractivity contribution in [1.29, 1.82) is 0 Å². The molecule has 0 saturated carbocycles. The average Bonchev–Trinajstić information content (AvgIpc) is 2.52. The van der Waals surface area contributed by atoms with Crippen molar-refractivity contribution in [2.45, 2.75) is 50.0 Å². The summed E-state index contributed by atoms with van der Waals surface area (Å²) in [6.45, 7) is 7.71. The predicted molar refractivity (Wildman–Crippen MR) is 106 cm³/mol. The van der Waals surface area contributed by atoms with Gasteiger partial charge in [0.15, 0.2) is 0 Å². The van der Waals surface area contributed by atoms with Crippen LogP contribution in [-0.4, -0.2) is 28.2 Å². The monoisotopic (exact) mass is 467 g/mol. The molecule has 0 aliphatic carbocycles. The maximum absolute atomic E-state index is 5.99. The fraction of sp³-hybridized carbons (Fsp3) is 0.579. The van der Waals surface area contributed by atoms with Gasteiger partial charge < -0.3 is 16.9 Å². The molecular weight excluding hydrogens is 440 g/mol. The standard InChI is InChI=1S/C19H28ClIN.ClH/c1-4-7-14-22(13-6-3,15-8-5-2)19(21)16-17-9-11-18(20)12-10-17;/h3,9-12,19H,4-5,7-8,13-16H2,1-2H3;1H/q+1;/p-1. The van der Waals surface area contributed by atoms with Gasteiger partial charge in [-0.25, -0.2) is 0 Å². The second kappa shape index (κ2) is 12.4. The van der Waals surface area contributed by atoms with Crippen molar-refractivity contribution < 1.29 is 16.9 Å². The third-order valence-electron chi connectivity index (χ3n) is 4.23. The first-order chi connectivity index (χ1) is 10.6. The van der Waals surface area contributed by atoms with Crippen molar-refractivity contribution in [2.75, 3.05) is 19.6 Å². The number of quaternary nitrogens is 1. The predicted octanol–water partition coefficient (Wildman–Crippen LogP) is 2.70. The van der Waals surface area contributed by atoms with E-state index in [4.69, 9.17) is 18.0 Å². The molecule has 0 bridgehead atoms. The lowest BCUT2D eigenvalue weighted by Gasteiger charge is -2.41. The number of halogens is 3. The summed E-state index contributed by atoms with van der Waals surface area (Å²) in [6.07, 6.45) is 11.7. The summed E-state index contributed by atoms with van der Waals surface area (Å²) < 4.78 is 1.55. The molecule has 1 unspecified atom stereocenters. The summed E-state index contributed by atoms with van der Waals surface area (Å²) in [6, 6.07) is 8.23. The molecule has 0 heterocycles. The topological polar surface area (TPSA) is 0 Å². The maximum Gasteiger partial charge on any atom is 0.144 e. The van der Waals surface area contributed by atoms with Crippen molar-refractivity contribution in [1.82, 2.24) is 0 Å². The quantitative estimate of drug-likeness (QED) is 0.163. The smallest absolute Gasteiger partial charge is 0.144 e. The van der Waals surface area contributed by atoms with Crippen molar-refractivity contribution in [3.8, 4) is 12.3 Å². The van der Waals surface area contributed by atoms with Crippen molar-refractivity contribution in [2.24, 2.45) is 0 Å². The highest BCUT2D eigenvalue weighted by atomic mass is 127. The summed E-state index contributed by atoms with van der Waals surface area (Å²) in [5.74, 6) is 2.95. The molecule has 1 aromatic rings. The van der Waals surface area contributed by atoms with E-state index < -0.39 is 0 Å². The molecule has 4 heteroatoms. The minimum absolute atomic E-state index is 0. The Morgan fingerprint density at radius 1 is 1.13 bits per heavy atom. The number of nitrogens with zero attached hydrogens (tertiary/aromatic N) is 1. The molecule has 1 rings (SSSR count). The van der Waals surface area contributed by atoms with Crippen LogP contribution in [0.15, 0.2) is 24.3 Å². The fourth-order valence-electron chi connectivity index (χ4n) is 2.79. The summed E-state index contributed by atoms with van der Waals surface area (Å²) in [5, 5.41) is 0.801. The fourth-order valence-corrected chi connectivity index (χ4v) is 4.17. The minimum atomic E-state index is 0. The molecule has 23 heavy (non-hydrogen) atoms. The largest absolute Gasteiger partial charge is 1.00 e. The molecule has 1 aromatic carbocycles. The van der Waals surface area contributed by atoms with Gasteiger partial charge in [-0.1, -0.05) is 50.4 Å². The number of hydrogen-bond donors (Lipinski definition) is 0. The van der Waals surface area contributed by atoms with E-state index in [1.807, 2.05) is 12.1 Å². The lowest BCUT2D eigenvalue weighted by atomic mass is 10.1. The molecule has 130 valence electrons. The van der Waals surface area contributed by atoms with Gasteiger partial charge in [-0.15, -0.1) is 6.42 Å². The highest BCUT2D eigenvalue weighted by molar-refractivity contribution is 14.1. The van der Waals surface area contributed by atoms with Crippen molar-refractivity contribution >= 4 is 34.2 Å². The molecule has 0 N–H and O–H groups in total. The highest BCUT2D eigenvalue weighted by Crippen LogP contribution is 2.26. The summed E-state index contributed by atoms with van der Waals surface area (Å²) in [5.41, 5.74) is 1.34. The Labute approximate surface area is 167 Å². The minimum Gasteiger partial charge on any atom is -1.00 e. The summed E-state index contributed by atoms with van der Waals surface area (Å²) in [7, 11) is 0. The van der Waals surface area contributed by atoms with Gasteiger partial charge in [-0.2, -0.15) is 0 Å². The molecule has 0 aromatic heterocycles. The van der Waals surface area contributed by atoms with Crippen LogP contribution >= 0.6 is 34.2 Å². The SMILES string of the molecule is C#CC[N+](CCCC)(CCCC)C(I)Cc1ccc(Cl)cc1.[Cl-]. The molecule has 0 spiro atoms. The molecule has 0 radical (unpaired) electrons. The lowest BCUT2D eigenvalue weighted by Crippen LogP contribution is -3.00. The number of benzene rings is 1. The van der Waals surface area contributed by atoms with E-state index in [1.165, 1.54) is 44.3 Å². The summed E-state index contributed by atoms with van der Waals surface area (Å²) >= 11 is 8.61. The highest BCUT2D eigenvalue weighted by Gasteiger charge is 2.33. The van der Waals surface area contributed by atoms with E-state index in [9.17, 15) is 0 Å². The van der Waals surface area contributed by atoms with Gasteiger partial charge >= 0.3 is 0 Å². The molecular formula is C19H28Cl2IN. The van der Waals surface area contributed by atoms with Crippen LogP contribution in [0.3, 0.4) is 0 Å². The molecule has 0 fully saturated rings. The number of unbranched alkanes of at least 4 members (excludes halogenated alkanes) is 2. The molecule has 0 amide bonds. The Hall–Kier alpha value is 0.0500. The number of terminal acetylenes is 1. The van der Waals surface area contributed by atoms with Gasteiger partial charge in [-0.3, -0.25) is 0 Å². The zero-order valence-corrected chi connectivity index (χ0v) is 17.9. The second-order valence-corrected chi connectivity index (χ2v) is 7.87. The Morgan fingerprint density at radius 2 is 1.65 bits per heavy atom. The molecule has 0 saturated heterocycles. The summed E-state index contributed by atoms with van der Waals surface area (Å²) in [4.78, 5) is 0. The zero-order valence-electron chi connectivity index (χ0n) is 14.2. The Bertz CT molecular complexity index is 459. The lowest BCUT2D eigenvalue weighted by molar-refractivity contribution is -0.927. The number of alkyl halides is 1. The van der Waals surface area contributed by atoms with E-state index in [2.05, 4.69) is 54.5 Å². The van der Waals surface area contributed by atoms with Crippen LogP contribution < -0.4 is 12.4 Å². The van der Waals surface area contributed by atoms with Crippen molar-refractivity contribution in [3.63, 3.8) is 0 Å². The Kier molecular flexibility index (Phi) is 12.4. The first-order valence-corrected chi connectivity index (χ1v) is 9.88. The normalized spacial score (nSPS) is 12.3. The van der Waals surface area contributed by atoms with Gasteiger partial charge in [0, 0.05) is 11.4 Å². The third-order valence-corrected chi connectivity index (χ3v) is 6.11. The first kappa shape index (κ1) is 23.1. The molecule has 0 aliphatic rings. The molecule has 1 atom stereocenters.